The summed E-state index contributed by atoms with van der Waals surface area (Å²) in [5.74, 6) is 0. The van der Waals surface area contributed by atoms with Gasteiger partial charge in [0, 0.05) is 80.3 Å². The van der Waals surface area contributed by atoms with E-state index >= 15 is 0 Å². The van der Waals surface area contributed by atoms with Crippen LogP contribution in [0.3, 0.4) is 0 Å². The maximum atomic E-state index is 0. The topological polar surface area (TPSA) is 63.0 Å². The summed E-state index contributed by atoms with van der Waals surface area (Å²) >= 11 is 0. The second-order valence-electron chi connectivity index (χ2n) is 0. The van der Waals surface area contributed by atoms with Gasteiger partial charge in [0.15, 0.2) is 0 Å². The van der Waals surface area contributed by atoms with Crippen LogP contribution >= 0.6 is 0 Å². The van der Waals surface area contributed by atoms with Crippen molar-refractivity contribution in [2.45, 2.75) is 0 Å². The van der Waals surface area contributed by atoms with Crippen molar-refractivity contribution in [3.63, 3.8) is 0 Å². The molecular formula is C4H16O2TiY2+2. The fourth-order valence-corrected chi connectivity index (χ4v) is 0. The molecule has 0 amide bonds. The van der Waals surface area contributed by atoms with Gasteiger partial charge in [-0.1, -0.05) is 0 Å². The minimum Gasteiger partial charge on any atom is -0.412 e. The van der Waals surface area contributed by atoms with E-state index in [0.717, 1.165) is 0 Å². The molecule has 0 heterocycles. The van der Waals surface area contributed by atoms with Crippen molar-refractivity contribution in [2.75, 3.05) is 0 Å². The van der Waals surface area contributed by atoms with E-state index in [1.54, 1.807) is 0 Å². The Kier molecular flexibility index (Phi) is 3150. The summed E-state index contributed by atoms with van der Waals surface area (Å²) in [6, 6.07) is 0. The molecule has 0 atom stereocenters. The van der Waals surface area contributed by atoms with Gasteiger partial charge in [0.25, 0.3) is 0 Å². The van der Waals surface area contributed by atoms with Crippen LogP contribution in [0.4, 0.5) is 0 Å². The molecule has 4 N–H and O–H groups in total. The first-order valence-electron chi connectivity index (χ1n) is 0. The van der Waals surface area contributed by atoms with Gasteiger partial charge in [-0.3, -0.25) is 0 Å². The third kappa shape index (κ3) is 117. The first kappa shape index (κ1) is 195. The molecule has 0 aliphatic heterocycles. The van der Waals surface area contributed by atoms with Gasteiger partial charge < -0.3 is 25.8 Å². The third-order valence-corrected chi connectivity index (χ3v) is 0. The molecule has 2 nitrogen and oxygen atoms in total. The smallest absolute Gasteiger partial charge is 0.412 e. The van der Waals surface area contributed by atoms with E-state index in [2.05, 4.69) is 0 Å². The van der Waals surface area contributed by atoms with Gasteiger partial charge in [0.1, 0.15) is 0 Å². The molecule has 0 aliphatic rings. The first-order chi connectivity index (χ1) is 0. The molecule has 52 valence electrons. The van der Waals surface area contributed by atoms with E-state index in [9.17, 15) is 0 Å². The molecule has 5 heteroatoms. The Morgan fingerprint density at radius 3 is 0.556 bits per heavy atom. The molecule has 0 spiro atoms. The number of hydrogen-bond donors (Lipinski definition) is 0. The zero-order valence-corrected chi connectivity index (χ0v) is 13.9. The van der Waals surface area contributed by atoms with Crippen molar-refractivity contribution < 1.29 is 98.1 Å². The van der Waals surface area contributed by atoms with Crippen LogP contribution in [0.15, 0.2) is 0 Å². The normalized spacial score (nSPS) is 0. The minimum atomic E-state index is 0. The van der Waals surface area contributed by atoms with Crippen LogP contribution in [-0.4, -0.2) is 11.0 Å². The van der Waals surface area contributed by atoms with E-state index in [0.29, 0.717) is 0 Å². The van der Waals surface area contributed by atoms with Crippen LogP contribution in [0.25, 0.3) is 0 Å². The third-order valence-electron chi connectivity index (χ3n) is 0. The van der Waals surface area contributed by atoms with E-state index in [4.69, 9.17) is 0 Å². The molecule has 0 aromatic heterocycles. The van der Waals surface area contributed by atoms with Gasteiger partial charge in [-0.2, -0.15) is 0 Å². The SMILES string of the molecule is O.O.[CH3+].[CH3+].[CH3-].[CH3-].[Ti+2].[Y].[Y]. The Bertz CT molecular complexity index is 16.5. The van der Waals surface area contributed by atoms with Crippen molar-refractivity contribution in [1.29, 1.82) is 0 Å². The molecule has 9 heavy (non-hydrogen) atoms. The van der Waals surface area contributed by atoms with Crippen molar-refractivity contribution in [3.05, 3.63) is 29.7 Å². The zero-order valence-electron chi connectivity index (χ0n) is 6.65. The van der Waals surface area contributed by atoms with Crippen LogP contribution in [0.1, 0.15) is 0 Å². The Morgan fingerprint density at radius 1 is 0.556 bits per heavy atom. The van der Waals surface area contributed by atoms with E-state index < -0.39 is 0 Å². The predicted molar refractivity (Wildman–Crippen MR) is 32.9 cm³/mol. The quantitative estimate of drug-likeness (QED) is 0.450. The first-order valence-corrected chi connectivity index (χ1v) is 0. The standard InChI is InChI=1S/4CH3.2H2O.Ti.2Y/h4*1H3;2*1H2;;;/q2*-1;2*+1;;;+2;;. The summed E-state index contributed by atoms with van der Waals surface area (Å²) in [6.45, 7) is 0. The monoisotopic (exact) mass is 322 g/mol. The maximum absolute atomic E-state index is 0. The van der Waals surface area contributed by atoms with Crippen LogP contribution in [0.2, 0.25) is 0 Å². The largest absolute Gasteiger partial charge is 2.00 e. The molecule has 2 radical (unpaired) electrons. The van der Waals surface area contributed by atoms with Crippen molar-refractivity contribution >= 4 is 0 Å². The second-order valence-corrected chi connectivity index (χ2v) is 0. The van der Waals surface area contributed by atoms with E-state index in [-0.39, 0.29) is 128 Å². The molecule has 0 saturated carbocycles. The van der Waals surface area contributed by atoms with Crippen LogP contribution in [0.5, 0.6) is 0 Å². The Balaban J connectivity index is 0. The molecule has 0 rings (SSSR count). The Morgan fingerprint density at radius 2 is 0.556 bits per heavy atom. The molecule has 0 aliphatic carbocycles. The average molecular weight is 322 g/mol. The van der Waals surface area contributed by atoms with Gasteiger partial charge in [-0.25, -0.2) is 0 Å². The van der Waals surface area contributed by atoms with E-state index in [1.807, 2.05) is 0 Å². The summed E-state index contributed by atoms with van der Waals surface area (Å²) in [7, 11) is 0. The summed E-state index contributed by atoms with van der Waals surface area (Å²) in [5, 5.41) is 0. The Labute approximate surface area is 126 Å². The fourth-order valence-electron chi connectivity index (χ4n) is 0. The van der Waals surface area contributed by atoms with Gasteiger partial charge in [0.2, 0.25) is 0 Å². The zero-order chi connectivity index (χ0) is 0. The van der Waals surface area contributed by atoms with Gasteiger partial charge in [-0.15, -0.1) is 0 Å². The number of hydrogen-bond acceptors (Lipinski definition) is 0. The molecule has 0 fully saturated rings. The van der Waals surface area contributed by atoms with Crippen LogP contribution < -0.4 is 0 Å². The molecule has 0 aromatic rings. The van der Waals surface area contributed by atoms with Crippen molar-refractivity contribution in [1.82, 2.24) is 0 Å². The number of rotatable bonds is 0. The van der Waals surface area contributed by atoms with Crippen LogP contribution in [-0.2, 0) is 87.1 Å². The molecule has 0 saturated heterocycles. The van der Waals surface area contributed by atoms with Gasteiger partial charge in [-0.05, 0) is 0 Å². The maximum Gasteiger partial charge on any atom is 2.00 e. The van der Waals surface area contributed by atoms with Crippen LogP contribution in [0, 0.1) is 29.7 Å². The predicted octanol–water partition coefficient (Wildman–Crippen LogP) is 0.144. The van der Waals surface area contributed by atoms with Crippen molar-refractivity contribution in [3.8, 4) is 0 Å². The summed E-state index contributed by atoms with van der Waals surface area (Å²) in [5.41, 5.74) is 0. The van der Waals surface area contributed by atoms with Gasteiger partial charge >= 0.3 is 21.7 Å². The molecule has 0 bridgehead atoms. The summed E-state index contributed by atoms with van der Waals surface area (Å²) in [4.78, 5) is 0. The molecule has 0 aromatic carbocycles. The van der Waals surface area contributed by atoms with Gasteiger partial charge in [0.05, 0.1) is 0 Å². The second kappa shape index (κ2) is 146. The van der Waals surface area contributed by atoms with E-state index in [1.165, 1.54) is 0 Å². The average Bonchev–Trinajstić information content (AvgIpc) is 0. The summed E-state index contributed by atoms with van der Waals surface area (Å²) < 4.78 is 0. The van der Waals surface area contributed by atoms with Crippen molar-refractivity contribution in [2.24, 2.45) is 0 Å². The summed E-state index contributed by atoms with van der Waals surface area (Å²) in [6.07, 6.45) is 0. The fraction of sp³-hybridized carbons (Fsp3) is 0. The molecular weight excluding hydrogens is 306 g/mol. The molecule has 0 unspecified atom stereocenters. The Hall–Kier alpha value is 2.58. The minimum absolute atomic E-state index is 0.